The topological polar surface area (TPSA) is 0 Å². The van der Waals surface area contributed by atoms with Crippen LogP contribution in [0.2, 0.25) is 0 Å². The van der Waals surface area contributed by atoms with E-state index in [4.69, 9.17) is 0 Å². The number of thiophene rings is 2. The van der Waals surface area contributed by atoms with Crippen molar-refractivity contribution in [3.8, 4) is 9.75 Å². The Morgan fingerprint density at radius 2 is 1.73 bits per heavy atom. The van der Waals surface area contributed by atoms with Crippen LogP contribution in [0.15, 0.2) is 22.9 Å². The van der Waals surface area contributed by atoms with E-state index in [-0.39, 0.29) is 0 Å². The van der Waals surface area contributed by atoms with Gasteiger partial charge >= 0.3 is 108 Å². The Morgan fingerprint density at radius 1 is 1.07 bits per heavy atom. The Labute approximate surface area is 108 Å². The molecule has 1 saturated heterocycles. The Kier molecular flexibility index (Phi) is 1.89. The van der Waals surface area contributed by atoms with Crippen molar-refractivity contribution in [1.29, 1.82) is 0 Å². The molecule has 2 aromatic heterocycles. The second kappa shape index (κ2) is 3.08. The first-order chi connectivity index (χ1) is 7.42. The zero-order valence-corrected chi connectivity index (χ0v) is 11.9. The van der Waals surface area contributed by atoms with Gasteiger partial charge in [-0.3, -0.25) is 0 Å². The molecule has 1 aliphatic carbocycles. The molecule has 0 atom stereocenters. The van der Waals surface area contributed by atoms with Crippen LogP contribution in [0.4, 0.5) is 0 Å². The second-order valence-corrected chi connectivity index (χ2v) is 9.57. The molecule has 1 spiro atoms. The number of halogens is 1. The van der Waals surface area contributed by atoms with Gasteiger partial charge in [0.15, 0.2) is 0 Å². The van der Waals surface area contributed by atoms with E-state index < -0.39 is 0 Å². The molecule has 0 bridgehead atoms. The molecule has 0 aromatic carbocycles. The van der Waals surface area contributed by atoms with Crippen molar-refractivity contribution in [3.05, 3.63) is 34.0 Å². The molecule has 3 heterocycles. The number of rotatable bonds is 0. The summed E-state index contributed by atoms with van der Waals surface area (Å²) in [6.45, 7) is 0. The van der Waals surface area contributed by atoms with Crippen molar-refractivity contribution in [2.24, 2.45) is 0 Å². The summed E-state index contributed by atoms with van der Waals surface area (Å²) in [6.07, 6.45) is 2.88. The SMILES string of the molecule is c1cc2c(s1)-c1sccc1C21CCC[I-]1. The van der Waals surface area contributed by atoms with Crippen LogP contribution in [0, 0.1) is 0 Å². The first-order valence-corrected chi connectivity index (χ1v) is 9.55. The molecule has 1 fully saturated rings. The van der Waals surface area contributed by atoms with E-state index in [1.54, 1.807) is 20.9 Å². The van der Waals surface area contributed by atoms with Crippen LogP contribution in [-0.4, -0.2) is 4.43 Å². The standard InChI is InChI=1S/C12H10IS2/c1-4-12(13-5-1)8-2-6-14-10(8)11-9(12)3-7-15-11/h2-3,6-7H,1,4-5H2/q-1. The number of fused-ring (bicyclic) bond motifs is 5. The van der Waals surface area contributed by atoms with Gasteiger partial charge < -0.3 is 0 Å². The van der Waals surface area contributed by atoms with E-state index in [1.165, 1.54) is 17.3 Å². The molecule has 4 rings (SSSR count). The molecular formula is C12H10IS2-. The van der Waals surface area contributed by atoms with Gasteiger partial charge in [-0.1, -0.05) is 0 Å². The number of hydrogen-bond acceptors (Lipinski definition) is 2. The number of alkyl halides is 2. The summed E-state index contributed by atoms with van der Waals surface area (Å²) in [5.74, 6) is 0. The van der Waals surface area contributed by atoms with Crippen molar-refractivity contribution in [1.82, 2.24) is 0 Å². The summed E-state index contributed by atoms with van der Waals surface area (Å²) in [6, 6.07) is 4.80. The van der Waals surface area contributed by atoms with E-state index in [2.05, 4.69) is 22.9 Å². The van der Waals surface area contributed by atoms with E-state index in [0.717, 1.165) is 0 Å². The molecule has 1 aliphatic heterocycles. The Morgan fingerprint density at radius 3 is 2.27 bits per heavy atom. The molecule has 2 aliphatic rings. The fourth-order valence-electron chi connectivity index (χ4n) is 2.76. The molecule has 0 amide bonds. The fourth-order valence-corrected chi connectivity index (χ4v) is 9.43. The molecule has 2 aromatic rings. The number of hydrogen-bond donors (Lipinski definition) is 0. The minimum absolute atomic E-state index is 0.340. The molecule has 0 saturated carbocycles. The monoisotopic (exact) mass is 345 g/mol. The quantitative estimate of drug-likeness (QED) is 0.492. The first-order valence-electron chi connectivity index (χ1n) is 5.18. The molecule has 0 nitrogen and oxygen atoms in total. The van der Waals surface area contributed by atoms with E-state index in [1.807, 2.05) is 22.7 Å². The zero-order valence-electron chi connectivity index (χ0n) is 8.13. The van der Waals surface area contributed by atoms with Gasteiger partial charge in [0.1, 0.15) is 0 Å². The van der Waals surface area contributed by atoms with Gasteiger partial charge in [-0.05, 0) is 0 Å². The van der Waals surface area contributed by atoms with Crippen LogP contribution in [-0.2, 0) is 3.42 Å². The maximum absolute atomic E-state index is 2.40. The van der Waals surface area contributed by atoms with Crippen molar-refractivity contribution < 1.29 is 21.2 Å². The van der Waals surface area contributed by atoms with Crippen LogP contribution in [0.1, 0.15) is 24.0 Å². The Hall–Kier alpha value is 0.130. The molecule has 3 heteroatoms. The summed E-state index contributed by atoms with van der Waals surface area (Å²) in [7, 11) is 0. The predicted octanol–water partition coefficient (Wildman–Crippen LogP) is 0.916. The summed E-state index contributed by atoms with van der Waals surface area (Å²) < 4.78 is 2.06. The van der Waals surface area contributed by atoms with Gasteiger partial charge in [-0.25, -0.2) is 0 Å². The summed E-state index contributed by atoms with van der Waals surface area (Å²) in [5, 5.41) is 4.58. The van der Waals surface area contributed by atoms with Crippen LogP contribution >= 0.6 is 22.7 Å². The van der Waals surface area contributed by atoms with Crippen molar-refractivity contribution >= 4 is 22.7 Å². The maximum atomic E-state index is 2.40. The first kappa shape index (κ1) is 9.19. The van der Waals surface area contributed by atoms with Crippen molar-refractivity contribution in [2.45, 2.75) is 16.3 Å². The van der Waals surface area contributed by atoms with E-state index >= 15 is 0 Å². The normalized spacial score (nSPS) is 21.3. The molecule has 0 N–H and O–H groups in total. The van der Waals surface area contributed by atoms with Gasteiger partial charge in [-0.2, -0.15) is 0 Å². The average Bonchev–Trinajstić information content (AvgIpc) is 3.00. The zero-order chi connectivity index (χ0) is 9.88. The molecule has 15 heavy (non-hydrogen) atoms. The van der Waals surface area contributed by atoms with Crippen LogP contribution in [0.3, 0.4) is 0 Å². The van der Waals surface area contributed by atoms with Crippen LogP contribution in [0.5, 0.6) is 0 Å². The molecule has 0 unspecified atom stereocenters. The molecule has 0 radical (unpaired) electrons. The van der Waals surface area contributed by atoms with Crippen molar-refractivity contribution in [3.63, 3.8) is 0 Å². The predicted molar refractivity (Wildman–Crippen MR) is 62.5 cm³/mol. The third kappa shape index (κ3) is 1.02. The third-order valence-electron chi connectivity index (χ3n) is 3.37. The van der Waals surface area contributed by atoms with Gasteiger partial charge in [0.05, 0.1) is 0 Å². The summed E-state index contributed by atoms with van der Waals surface area (Å²) >= 11 is 4.24. The fraction of sp³-hybridized carbons (Fsp3) is 0.333. The van der Waals surface area contributed by atoms with E-state index in [9.17, 15) is 0 Å². The van der Waals surface area contributed by atoms with E-state index in [0.29, 0.717) is 24.6 Å². The van der Waals surface area contributed by atoms with Gasteiger partial charge in [0, 0.05) is 0 Å². The summed E-state index contributed by atoms with van der Waals surface area (Å²) in [5.41, 5.74) is 3.39. The van der Waals surface area contributed by atoms with Crippen molar-refractivity contribution in [2.75, 3.05) is 4.43 Å². The van der Waals surface area contributed by atoms with Crippen LogP contribution < -0.4 is 21.2 Å². The second-order valence-electron chi connectivity index (χ2n) is 4.05. The minimum atomic E-state index is 0.340. The average molecular weight is 345 g/mol. The summed E-state index contributed by atoms with van der Waals surface area (Å²) in [4.78, 5) is 3.20. The molecule has 78 valence electrons. The van der Waals surface area contributed by atoms with Gasteiger partial charge in [0.2, 0.25) is 0 Å². The van der Waals surface area contributed by atoms with Crippen LogP contribution in [0.25, 0.3) is 9.75 Å². The van der Waals surface area contributed by atoms with Gasteiger partial charge in [0.25, 0.3) is 0 Å². The third-order valence-corrected chi connectivity index (χ3v) is 9.67. The van der Waals surface area contributed by atoms with Gasteiger partial charge in [-0.15, -0.1) is 0 Å². The molecular weight excluding hydrogens is 335 g/mol. The Bertz CT molecular complexity index is 475. The Balaban J connectivity index is 2.09.